The van der Waals surface area contributed by atoms with Gasteiger partial charge in [0.05, 0.1) is 4.90 Å². The summed E-state index contributed by atoms with van der Waals surface area (Å²) in [6, 6.07) is 7.18. The van der Waals surface area contributed by atoms with Crippen molar-refractivity contribution in [3.63, 3.8) is 0 Å². The fourth-order valence-electron chi connectivity index (χ4n) is 1.97. The predicted molar refractivity (Wildman–Crippen MR) is 83.2 cm³/mol. The first-order valence-electron chi connectivity index (χ1n) is 7.40. The summed E-state index contributed by atoms with van der Waals surface area (Å²) in [6.45, 7) is 6.17. The number of nitrogens with one attached hydrogen (secondary N) is 2. The Hall–Kier alpha value is -0.910. The van der Waals surface area contributed by atoms with E-state index < -0.39 is 10.0 Å². The zero-order chi connectivity index (χ0) is 14.8. The van der Waals surface area contributed by atoms with E-state index in [-0.39, 0.29) is 0 Å². The molecule has 1 aromatic carbocycles. The van der Waals surface area contributed by atoms with Gasteiger partial charge in [-0.2, -0.15) is 0 Å². The van der Waals surface area contributed by atoms with Crippen LogP contribution in [-0.2, 0) is 16.6 Å². The molecule has 0 aromatic heterocycles. The first kappa shape index (κ1) is 17.1. The summed E-state index contributed by atoms with van der Waals surface area (Å²) in [5.41, 5.74) is 0.823. The molecule has 20 heavy (non-hydrogen) atoms. The summed E-state index contributed by atoms with van der Waals surface area (Å²) in [5.74, 6) is 0. The van der Waals surface area contributed by atoms with Gasteiger partial charge in [-0.05, 0) is 31.0 Å². The topological polar surface area (TPSA) is 58.2 Å². The van der Waals surface area contributed by atoms with Crippen molar-refractivity contribution in [2.75, 3.05) is 13.1 Å². The van der Waals surface area contributed by atoms with E-state index in [0.717, 1.165) is 37.8 Å². The molecule has 0 saturated carbocycles. The highest BCUT2D eigenvalue weighted by Gasteiger charge is 2.16. The Morgan fingerprint density at radius 2 is 1.75 bits per heavy atom. The molecule has 0 aliphatic heterocycles. The lowest BCUT2D eigenvalue weighted by Gasteiger charge is -2.12. The standard InChI is InChI=1S/C15H26N2O2S/c1-3-5-8-12-17-20(18,19)15-10-7-6-9-14(15)13-16-11-4-2/h6-7,9-10,16-17H,3-5,8,11-13H2,1-2H3. The summed E-state index contributed by atoms with van der Waals surface area (Å²) in [7, 11) is -3.40. The van der Waals surface area contributed by atoms with E-state index in [1.807, 2.05) is 12.1 Å². The Kier molecular flexibility index (Phi) is 7.80. The molecular formula is C15H26N2O2S. The fraction of sp³-hybridized carbons (Fsp3) is 0.600. The fourth-order valence-corrected chi connectivity index (χ4v) is 3.28. The third kappa shape index (κ3) is 5.61. The second-order valence-corrected chi connectivity index (χ2v) is 6.62. The highest BCUT2D eigenvalue weighted by Crippen LogP contribution is 2.15. The van der Waals surface area contributed by atoms with Gasteiger partial charge in [0.25, 0.3) is 0 Å². The third-order valence-electron chi connectivity index (χ3n) is 3.08. The maximum absolute atomic E-state index is 12.3. The molecule has 0 aliphatic rings. The Morgan fingerprint density at radius 1 is 1.00 bits per heavy atom. The molecule has 0 fully saturated rings. The van der Waals surface area contributed by atoms with Gasteiger partial charge in [-0.15, -0.1) is 0 Å². The molecular weight excluding hydrogens is 272 g/mol. The number of hydrogen-bond donors (Lipinski definition) is 2. The molecule has 0 saturated heterocycles. The van der Waals surface area contributed by atoms with Crippen molar-refractivity contribution in [3.8, 4) is 0 Å². The molecule has 2 N–H and O–H groups in total. The van der Waals surface area contributed by atoms with Crippen LogP contribution in [0.5, 0.6) is 0 Å². The van der Waals surface area contributed by atoms with Crippen LogP contribution in [0.25, 0.3) is 0 Å². The van der Waals surface area contributed by atoms with Gasteiger partial charge in [0, 0.05) is 13.1 Å². The SMILES string of the molecule is CCCCCNS(=O)(=O)c1ccccc1CNCCC. The normalized spacial score (nSPS) is 11.7. The van der Waals surface area contributed by atoms with Crippen LogP contribution >= 0.6 is 0 Å². The minimum absolute atomic E-state index is 0.389. The van der Waals surface area contributed by atoms with Gasteiger partial charge < -0.3 is 5.32 Å². The first-order valence-corrected chi connectivity index (χ1v) is 8.88. The maximum Gasteiger partial charge on any atom is 0.240 e. The quantitative estimate of drug-likeness (QED) is 0.653. The van der Waals surface area contributed by atoms with E-state index >= 15 is 0 Å². The van der Waals surface area contributed by atoms with Gasteiger partial charge >= 0.3 is 0 Å². The van der Waals surface area contributed by atoms with E-state index in [4.69, 9.17) is 0 Å². The van der Waals surface area contributed by atoms with Crippen LogP contribution in [0, 0.1) is 0 Å². The molecule has 0 bridgehead atoms. The summed E-state index contributed by atoms with van der Waals surface area (Å²) in [4.78, 5) is 0.389. The Labute approximate surface area is 123 Å². The molecule has 1 aromatic rings. The number of hydrogen-bond acceptors (Lipinski definition) is 3. The van der Waals surface area contributed by atoms with Crippen molar-refractivity contribution in [1.82, 2.24) is 10.0 Å². The molecule has 0 heterocycles. The zero-order valence-electron chi connectivity index (χ0n) is 12.5. The van der Waals surface area contributed by atoms with E-state index in [2.05, 4.69) is 23.9 Å². The minimum atomic E-state index is -3.40. The Balaban J connectivity index is 2.72. The summed E-state index contributed by atoms with van der Waals surface area (Å²) < 4.78 is 27.3. The molecule has 0 amide bonds. The van der Waals surface area contributed by atoms with Crippen LogP contribution in [0.15, 0.2) is 29.2 Å². The summed E-state index contributed by atoms with van der Waals surface area (Å²) >= 11 is 0. The largest absolute Gasteiger partial charge is 0.313 e. The van der Waals surface area contributed by atoms with E-state index in [0.29, 0.717) is 18.0 Å². The van der Waals surface area contributed by atoms with Crippen molar-refractivity contribution in [3.05, 3.63) is 29.8 Å². The molecule has 114 valence electrons. The molecule has 0 atom stereocenters. The van der Waals surface area contributed by atoms with Crippen molar-refractivity contribution >= 4 is 10.0 Å². The Morgan fingerprint density at radius 3 is 2.45 bits per heavy atom. The molecule has 4 nitrogen and oxygen atoms in total. The molecule has 0 unspecified atom stereocenters. The van der Waals surface area contributed by atoms with E-state index in [1.165, 1.54) is 0 Å². The van der Waals surface area contributed by atoms with Crippen molar-refractivity contribution in [2.24, 2.45) is 0 Å². The zero-order valence-corrected chi connectivity index (χ0v) is 13.3. The van der Waals surface area contributed by atoms with Crippen LogP contribution in [0.2, 0.25) is 0 Å². The van der Waals surface area contributed by atoms with Gasteiger partial charge in [-0.1, -0.05) is 44.9 Å². The highest BCUT2D eigenvalue weighted by molar-refractivity contribution is 7.89. The molecule has 0 aliphatic carbocycles. The summed E-state index contributed by atoms with van der Waals surface area (Å²) in [6.07, 6.45) is 4.04. The number of unbranched alkanes of at least 4 members (excludes halogenated alkanes) is 2. The van der Waals surface area contributed by atoms with Gasteiger partial charge in [0.2, 0.25) is 10.0 Å². The number of sulfonamides is 1. The number of benzene rings is 1. The molecule has 0 spiro atoms. The van der Waals surface area contributed by atoms with E-state index in [9.17, 15) is 8.42 Å². The smallest absolute Gasteiger partial charge is 0.240 e. The maximum atomic E-state index is 12.3. The lowest BCUT2D eigenvalue weighted by molar-refractivity contribution is 0.573. The van der Waals surface area contributed by atoms with Gasteiger partial charge in [-0.3, -0.25) is 0 Å². The van der Waals surface area contributed by atoms with Gasteiger partial charge in [-0.25, -0.2) is 13.1 Å². The lowest BCUT2D eigenvalue weighted by Crippen LogP contribution is -2.27. The van der Waals surface area contributed by atoms with E-state index in [1.54, 1.807) is 12.1 Å². The van der Waals surface area contributed by atoms with Crippen molar-refractivity contribution < 1.29 is 8.42 Å². The van der Waals surface area contributed by atoms with Crippen LogP contribution in [-0.4, -0.2) is 21.5 Å². The number of rotatable bonds is 10. The van der Waals surface area contributed by atoms with Crippen LogP contribution in [0.3, 0.4) is 0 Å². The molecule has 0 radical (unpaired) electrons. The Bertz CT molecular complexity index is 486. The average Bonchev–Trinajstić information content (AvgIpc) is 2.44. The monoisotopic (exact) mass is 298 g/mol. The minimum Gasteiger partial charge on any atom is -0.313 e. The second kappa shape index (κ2) is 9.10. The first-order chi connectivity index (χ1) is 9.61. The van der Waals surface area contributed by atoms with Crippen LogP contribution < -0.4 is 10.0 Å². The van der Waals surface area contributed by atoms with Crippen LogP contribution in [0.4, 0.5) is 0 Å². The lowest BCUT2D eigenvalue weighted by atomic mass is 10.2. The van der Waals surface area contributed by atoms with Gasteiger partial charge in [0.1, 0.15) is 0 Å². The van der Waals surface area contributed by atoms with Crippen molar-refractivity contribution in [2.45, 2.75) is 51.0 Å². The second-order valence-electron chi connectivity index (χ2n) is 4.89. The molecule has 5 heteroatoms. The average molecular weight is 298 g/mol. The van der Waals surface area contributed by atoms with Crippen LogP contribution in [0.1, 0.15) is 45.1 Å². The molecule has 1 rings (SSSR count). The van der Waals surface area contributed by atoms with Gasteiger partial charge in [0.15, 0.2) is 0 Å². The highest BCUT2D eigenvalue weighted by atomic mass is 32.2. The summed E-state index contributed by atoms with van der Waals surface area (Å²) in [5, 5.41) is 3.25. The third-order valence-corrected chi connectivity index (χ3v) is 4.64. The van der Waals surface area contributed by atoms with Crippen molar-refractivity contribution in [1.29, 1.82) is 0 Å². The predicted octanol–water partition coefficient (Wildman–Crippen LogP) is 2.65.